The number of carbonyl (C=O) groups is 3. The van der Waals surface area contributed by atoms with Gasteiger partial charge in [-0.3, -0.25) is 4.79 Å². The van der Waals surface area contributed by atoms with Crippen LogP contribution in [0.1, 0.15) is 36.0 Å². The maximum atomic E-state index is 12.4. The molecule has 0 aliphatic carbocycles. The molecule has 1 aromatic carbocycles. The van der Waals surface area contributed by atoms with Gasteiger partial charge in [0.2, 0.25) is 0 Å². The number of benzene rings is 1. The molecule has 0 spiro atoms. The number of ether oxygens (including phenoxy) is 3. The molecule has 1 amide bonds. The first-order valence-electron chi connectivity index (χ1n) is 7.18. The highest BCUT2D eigenvalue weighted by Gasteiger charge is 2.26. The Kier molecular flexibility index (Phi) is 5.76. The van der Waals surface area contributed by atoms with Crippen LogP contribution in [0.5, 0.6) is 5.75 Å². The lowest BCUT2D eigenvalue weighted by molar-refractivity contribution is 0.0601. The van der Waals surface area contributed by atoms with Crippen LogP contribution in [0.2, 0.25) is 0 Å². The molecule has 1 N–H and O–H groups in total. The highest BCUT2D eigenvalue weighted by Crippen LogP contribution is 2.34. The van der Waals surface area contributed by atoms with Crippen LogP contribution >= 0.6 is 11.3 Å². The Bertz CT molecular complexity index is 809. The lowest BCUT2D eigenvalue weighted by Gasteiger charge is -2.07. The summed E-state index contributed by atoms with van der Waals surface area (Å²) in [6.07, 6.45) is 0. The molecule has 0 radical (unpaired) electrons. The van der Waals surface area contributed by atoms with Gasteiger partial charge in [0.1, 0.15) is 15.6 Å². The smallest absolute Gasteiger partial charge is 0.348 e. The topological polar surface area (TPSA) is 90.9 Å². The second-order valence-corrected chi connectivity index (χ2v) is 5.95. The molecule has 0 bridgehead atoms. The SMILES string of the molecule is COC(=O)c1sc(NC(=O)c2ccc(OC)cc2)c(C(=O)OC)c1C. The normalized spacial score (nSPS) is 10.1. The van der Waals surface area contributed by atoms with Crippen LogP contribution in [0.3, 0.4) is 0 Å². The van der Waals surface area contributed by atoms with Crippen molar-refractivity contribution in [2.24, 2.45) is 0 Å². The van der Waals surface area contributed by atoms with Crippen molar-refractivity contribution in [3.05, 3.63) is 45.8 Å². The molecule has 25 heavy (non-hydrogen) atoms. The minimum atomic E-state index is -0.645. The monoisotopic (exact) mass is 363 g/mol. The molecule has 0 aliphatic heterocycles. The summed E-state index contributed by atoms with van der Waals surface area (Å²) in [6.45, 7) is 1.60. The van der Waals surface area contributed by atoms with E-state index in [0.717, 1.165) is 11.3 Å². The Morgan fingerprint density at radius 2 is 1.56 bits per heavy atom. The molecule has 2 rings (SSSR count). The third kappa shape index (κ3) is 3.80. The maximum absolute atomic E-state index is 12.4. The van der Waals surface area contributed by atoms with E-state index >= 15 is 0 Å². The number of hydrogen-bond acceptors (Lipinski definition) is 7. The fourth-order valence-corrected chi connectivity index (χ4v) is 3.26. The van der Waals surface area contributed by atoms with Gasteiger partial charge in [0, 0.05) is 5.56 Å². The molecule has 2 aromatic rings. The predicted octanol–water partition coefficient (Wildman–Crippen LogP) is 2.89. The number of thiophene rings is 1. The van der Waals surface area contributed by atoms with Crippen molar-refractivity contribution in [1.82, 2.24) is 0 Å². The summed E-state index contributed by atoms with van der Waals surface area (Å²) < 4.78 is 14.5. The summed E-state index contributed by atoms with van der Waals surface area (Å²) in [6, 6.07) is 6.48. The van der Waals surface area contributed by atoms with Gasteiger partial charge in [0.25, 0.3) is 5.91 Å². The van der Waals surface area contributed by atoms with E-state index in [4.69, 9.17) is 14.2 Å². The van der Waals surface area contributed by atoms with Crippen LogP contribution in [-0.2, 0) is 9.47 Å². The molecule has 7 nitrogen and oxygen atoms in total. The zero-order chi connectivity index (χ0) is 18.6. The van der Waals surface area contributed by atoms with Crippen LogP contribution in [0.4, 0.5) is 5.00 Å². The van der Waals surface area contributed by atoms with Gasteiger partial charge in [-0.1, -0.05) is 0 Å². The number of carbonyl (C=O) groups excluding carboxylic acids is 3. The van der Waals surface area contributed by atoms with Gasteiger partial charge in [-0.15, -0.1) is 11.3 Å². The first-order chi connectivity index (χ1) is 11.9. The van der Waals surface area contributed by atoms with Crippen LogP contribution in [0, 0.1) is 6.92 Å². The fraction of sp³-hybridized carbons (Fsp3) is 0.235. The van der Waals surface area contributed by atoms with Gasteiger partial charge < -0.3 is 19.5 Å². The fourth-order valence-electron chi connectivity index (χ4n) is 2.15. The molecule has 0 saturated carbocycles. The van der Waals surface area contributed by atoms with Crippen molar-refractivity contribution < 1.29 is 28.6 Å². The molecule has 0 saturated heterocycles. The van der Waals surface area contributed by atoms with Crippen LogP contribution in [0.15, 0.2) is 24.3 Å². The number of amides is 1. The first kappa shape index (κ1) is 18.5. The van der Waals surface area contributed by atoms with Gasteiger partial charge in [0.15, 0.2) is 0 Å². The minimum absolute atomic E-state index is 0.134. The van der Waals surface area contributed by atoms with E-state index in [9.17, 15) is 14.4 Å². The van der Waals surface area contributed by atoms with E-state index in [0.29, 0.717) is 16.9 Å². The van der Waals surface area contributed by atoms with Crippen molar-refractivity contribution in [3.63, 3.8) is 0 Å². The number of methoxy groups -OCH3 is 3. The summed E-state index contributed by atoms with van der Waals surface area (Å²) in [5.74, 6) is -1.04. The Labute approximate surface area is 148 Å². The molecule has 1 heterocycles. The summed E-state index contributed by atoms with van der Waals surface area (Å²) in [7, 11) is 4.00. The highest BCUT2D eigenvalue weighted by atomic mass is 32.1. The lowest BCUT2D eigenvalue weighted by atomic mass is 10.1. The quantitative estimate of drug-likeness (QED) is 0.822. The minimum Gasteiger partial charge on any atom is -0.497 e. The lowest BCUT2D eigenvalue weighted by Crippen LogP contribution is -2.14. The van der Waals surface area contributed by atoms with Crippen molar-refractivity contribution in [1.29, 1.82) is 0 Å². The third-order valence-electron chi connectivity index (χ3n) is 3.49. The van der Waals surface area contributed by atoms with Gasteiger partial charge >= 0.3 is 11.9 Å². The Morgan fingerprint density at radius 1 is 0.960 bits per heavy atom. The number of rotatable bonds is 5. The van der Waals surface area contributed by atoms with Gasteiger partial charge in [0.05, 0.1) is 26.9 Å². The molecular weight excluding hydrogens is 346 g/mol. The summed E-state index contributed by atoms with van der Waals surface area (Å²) in [4.78, 5) is 36.5. The Hall–Kier alpha value is -2.87. The Morgan fingerprint density at radius 3 is 2.08 bits per heavy atom. The van der Waals surface area contributed by atoms with Gasteiger partial charge in [-0.25, -0.2) is 9.59 Å². The second-order valence-electron chi connectivity index (χ2n) is 4.93. The molecule has 0 atom stereocenters. The molecule has 8 heteroatoms. The zero-order valence-electron chi connectivity index (χ0n) is 14.2. The van der Waals surface area contributed by atoms with E-state index in [1.54, 1.807) is 31.2 Å². The zero-order valence-corrected chi connectivity index (χ0v) is 15.0. The largest absolute Gasteiger partial charge is 0.497 e. The van der Waals surface area contributed by atoms with E-state index in [1.807, 2.05) is 0 Å². The number of anilines is 1. The number of hydrogen-bond donors (Lipinski definition) is 1. The standard InChI is InChI=1S/C17H17NO6S/c1-9-12(16(20)23-3)15(25-13(9)17(21)24-4)18-14(19)10-5-7-11(22-2)8-6-10/h5-8H,1-4H3,(H,18,19). The molecule has 0 fully saturated rings. The van der Waals surface area contributed by atoms with E-state index < -0.39 is 17.8 Å². The first-order valence-corrected chi connectivity index (χ1v) is 8.00. The third-order valence-corrected chi connectivity index (χ3v) is 4.67. The van der Waals surface area contributed by atoms with Gasteiger partial charge in [-0.05, 0) is 36.8 Å². The molecule has 1 aromatic heterocycles. The van der Waals surface area contributed by atoms with Crippen LogP contribution in [0.25, 0.3) is 0 Å². The molecular formula is C17H17NO6S. The van der Waals surface area contributed by atoms with E-state index in [1.165, 1.54) is 21.3 Å². The molecule has 132 valence electrons. The summed E-state index contributed by atoms with van der Waals surface area (Å²) in [5, 5.41) is 2.88. The molecule has 0 unspecified atom stereocenters. The number of esters is 2. The molecule has 0 aliphatic rings. The van der Waals surface area contributed by atoms with Crippen molar-refractivity contribution >= 4 is 34.2 Å². The highest BCUT2D eigenvalue weighted by molar-refractivity contribution is 7.18. The second kappa shape index (κ2) is 7.80. The average Bonchev–Trinajstić information content (AvgIpc) is 2.96. The van der Waals surface area contributed by atoms with Crippen molar-refractivity contribution in [2.45, 2.75) is 6.92 Å². The van der Waals surface area contributed by atoms with Crippen LogP contribution in [-0.4, -0.2) is 39.2 Å². The average molecular weight is 363 g/mol. The maximum Gasteiger partial charge on any atom is 0.348 e. The van der Waals surface area contributed by atoms with Gasteiger partial charge in [-0.2, -0.15) is 0 Å². The van der Waals surface area contributed by atoms with E-state index in [-0.39, 0.29) is 15.4 Å². The van der Waals surface area contributed by atoms with Crippen molar-refractivity contribution in [2.75, 3.05) is 26.6 Å². The number of nitrogens with one attached hydrogen (secondary N) is 1. The summed E-state index contributed by atoms with van der Waals surface area (Å²) in [5.41, 5.74) is 0.908. The Balaban J connectivity index is 2.38. The van der Waals surface area contributed by atoms with Crippen LogP contribution < -0.4 is 10.1 Å². The van der Waals surface area contributed by atoms with Crippen molar-refractivity contribution in [3.8, 4) is 5.75 Å². The van der Waals surface area contributed by atoms with E-state index in [2.05, 4.69) is 5.32 Å². The summed E-state index contributed by atoms with van der Waals surface area (Å²) >= 11 is 0.961. The predicted molar refractivity (Wildman–Crippen MR) is 92.7 cm³/mol.